The normalized spacial score (nSPS) is 10.9. The molecule has 0 radical (unpaired) electrons. The summed E-state index contributed by atoms with van der Waals surface area (Å²) in [6, 6.07) is 0. The van der Waals surface area contributed by atoms with Crippen LogP contribution in [-0.2, 0) is 16.1 Å². The van der Waals surface area contributed by atoms with Gasteiger partial charge in [0.25, 0.3) is 0 Å². The summed E-state index contributed by atoms with van der Waals surface area (Å²) in [5.74, 6) is 0.340. The van der Waals surface area contributed by atoms with E-state index < -0.39 is 0 Å². The van der Waals surface area contributed by atoms with E-state index in [1.165, 1.54) is 6.33 Å². The first-order chi connectivity index (χ1) is 9.56. The second-order valence-electron chi connectivity index (χ2n) is 4.73. The number of aromatic nitrogens is 3. The highest BCUT2D eigenvalue weighted by atomic mass is 16.5. The van der Waals surface area contributed by atoms with E-state index in [4.69, 9.17) is 10.5 Å². The van der Waals surface area contributed by atoms with Crippen LogP contribution in [0.2, 0.25) is 0 Å². The average molecular weight is 276 g/mol. The zero-order chi connectivity index (χ0) is 14.7. The zero-order valence-corrected chi connectivity index (χ0v) is 12.1. The van der Waals surface area contributed by atoms with Crippen LogP contribution in [0.5, 0.6) is 0 Å². The maximum absolute atomic E-state index is 11.4. The molecular formula is C14H20N4O2. The molecule has 0 amide bonds. The van der Waals surface area contributed by atoms with Gasteiger partial charge in [0.05, 0.1) is 12.0 Å². The molecule has 0 saturated carbocycles. The third-order valence-electron chi connectivity index (χ3n) is 3.50. The van der Waals surface area contributed by atoms with Crippen molar-refractivity contribution in [1.82, 2.24) is 14.5 Å². The number of hydrogen-bond acceptors (Lipinski definition) is 5. The topological polar surface area (TPSA) is 83.0 Å². The molecule has 0 fully saturated rings. The quantitative estimate of drug-likeness (QED) is 0.844. The maximum atomic E-state index is 11.4. The lowest BCUT2D eigenvalue weighted by atomic mass is 10.2. The number of nitrogens with two attached hydrogens (primary N) is 1. The SMILES string of the molecule is CCOC(=O)CCCn1c(C)c(C)c2c(N)ncnc21. The number of nitrogen functional groups attached to an aromatic ring is 1. The highest BCUT2D eigenvalue weighted by Crippen LogP contribution is 2.27. The summed E-state index contributed by atoms with van der Waals surface area (Å²) in [7, 11) is 0. The van der Waals surface area contributed by atoms with Crippen molar-refractivity contribution in [3.8, 4) is 0 Å². The number of aryl methyl sites for hydroxylation is 2. The van der Waals surface area contributed by atoms with Gasteiger partial charge in [-0.25, -0.2) is 9.97 Å². The molecule has 0 aliphatic rings. The third kappa shape index (κ3) is 2.59. The second kappa shape index (κ2) is 5.90. The predicted octanol–water partition coefficient (Wildman–Crippen LogP) is 1.97. The molecule has 2 heterocycles. The van der Waals surface area contributed by atoms with Crippen molar-refractivity contribution in [3.05, 3.63) is 17.6 Å². The van der Waals surface area contributed by atoms with Crippen molar-refractivity contribution in [2.24, 2.45) is 0 Å². The smallest absolute Gasteiger partial charge is 0.305 e. The van der Waals surface area contributed by atoms with Gasteiger partial charge in [-0.2, -0.15) is 0 Å². The van der Waals surface area contributed by atoms with Crippen LogP contribution in [0.4, 0.5) is 5.82 Å². The molecule has 2 aromatic heterocycles. The number of anilines is 1. The number of nitrogens with zero attached hydrogens (tertiary/aromatic N) is 3. The number of carbonyl (C=O) groups excluding carboxylic acids is 1. The molecule has 0 aliphatic heterocycles. The first kappa shape index (κ1) is 14.3. The van der Waals surface area contributed by atoms with Gasteiger partial charge in [-0.1, -0.05) is 0 Å². The van der Waals surface area contributed by atoms with Crippen molar-refractivity contribution >= 4 is 22.8 Å². The van der Waals surface area contributed by atoms with Gasteiger partial charge in [0.1, 0.15) is 17.8 Å². The Labute approximate surface area is 118 Å². The largest absolute Gasteiger partial charge is 0.466 e. The van der Waals surface area contributed by atoms with Gasteiger partial charge in [0, 0.05) is 18.7 Å². The number of hydrogen-bond donors (Lipinski definition) is 1. The lowest BCUT2D eigenvalue weighted by Gasteiger charge is -2.07. The molecule has 108 valence electrons. The van der Waals surface area contributed by atoms with Crippen LogP contribution in [0.1, 0.15) is 31.0 Å². The highest BCUT2D eigenvalue weighted by Gasteiger charge is 2.15. The molecule has 6 heteroatoms. The van der Waals surface area contributed by atoms with Crippen LogP contribution in [0.3, 0.4) is 0 Å². The molecule has 0 unspecified atom stereocenters. The van der Waals surface area contributed by atoms with E-state index in [0.29, 0.717) is 31.8 Å². The van der Waals surface area contributed by atoms with Gasteiger partial charge in [0.2, 0.25) is 0 Å². The van der Waals surface area contributed by atoms with Crippen LogP contribution in [0.15, 0.2) is 6.33 Å². The van der Waals surface area contributed by atoms with Crippen molar-refractivity contribution in [2.45, 2.75) is 40.2 Å². The maximum Gasteiger partial charge on any atom is 0.305 e. The van der Waals surface area contributed by atoms with Crippen molar-refractivity contribution in [2.75, 3.05) is 12.3 Å². The van der Waals surface area contributed by atoms with E-state index in [0.717, 1.165) is 22.3 Å². The summed E-state index contributed by atoms with van der Waals surface area (Å²) < 4.78 is 7.01. The molecule has 0 atom stereocenters. The molecule has 2 N–H and O–H groups in total. The summed E-state index contributed by atoms with van der Waals surface area (Å²) >= 11 is 0. The van der Waals surface area contributed by atoms with E-state index in [9.17, 15) is 4.79 Å². The molecule has 0 spiro atoms. The van der Waals surface area contributed by atoms with E-state index >= 15 is 0 Å². The second-order valence-corrected chi connectivity index (χ2v) is 4.73. The van der Waals surface area contributed by atoms with Gasteiger partial charge in [-0.3, -0.25) is 4.79 Å². The van der Waals surface area contributed by atoms with Crippen LogP contribution in [0, 0.1) is 13.8 Å². The van der Waals surface area contributed by atoms with Gasteiger partial charge in [-0.15, -0.1) is 0 Å². The molecule has 0 bridgehead atoms. The number of fused-ring (bicyclic) bond motifs is 1. The molecule has 0 aliphatic carbocycles. The van der Waals surface area contributed by atoms with Gasteiger partial charge in [0.15, 0.2) is 0 Å². The Hall–Kier alpha value is -2.11. The fraction of sp³-hybridized carbons (Fsp3) is 0.500. The Morgan fingerprint density at radius 3 is 2.85 bits per heavy atom. The number of rotatable bonds is 5. The predicted molar refractivity (Wildman–Crippen MR) is 77.3 cm³/mol. The molecule has 20 heavy (non-hydrogen) atoms. The molecule has 0 aromatic carbocycles. The lowest BCUT2D eigenvalue weighted by molar-refractivity contribution is -0.143. The Balaban J connectivity index is 2.20. The van der Waals surface area contributed by atoms with Crippen LogP contribution in [0.25, 0.3) is 11.0 Å². The van der Waals surface area contributed by atoms with Crippen LogP contribution >= 0.6 is 0 Å². The van der Waals surface area contributed by atoms with Gasteiger partial charge in [-0.05, 0) is 32.8 Å². The van der Waals surface area contributed by atoms with Crippen LogP contribution < -0.4 is 5.73 Å². The summed E-state index contributed by atoms with van der Waals surface area (Å²) in [5.41, 5.74) is 8.95. The Kier molecular flexibility index (Phi) is 4.22. The minimum Gasteiger partial charge on any atom is -0.466 e. The average Bonchev–Trinajstić information content (AvgIpc) is 2.65. The fourth-order valence-electron chi connectivity index (χ4n) is 2.38. The number of carbonyl (C=O) groups is 1. The van der Waals surface area contributed by atoms with Crippen molar-refractivity contribution in [1.29, 1.82) is 0 Å². The third-order valence-corrected chi connectivity index (χ3v) is 3.50. The van der Waals surface area contributed by atoms with Gasteiger partial charge >= 0.3 is 5.97 Å². The van der Waals surface area contributed by atoms with Crippen molar-refractivity contribution in [3.63, 3.8) is 0 Å². The van der Waals surface area contributed by atoms with Gasteiger partial charge < -0.3 is 15.0 Å². The molecule has 2 aromatic rings. The van der Waals surface area contributed by atoms with E-state index in [1.54, 1.807) is 0 Å². The summed E-state index contributed by atoms with van der Waals surface area (Å²) in [5, 5.41) is 0.904. The van der Waals surface area contributed by atoms with E-state index in [1.807, 2.05) is 20.8 Å². The highest BCUT2D eigenvalue weighted by molar-refractivity contribution is 5.90. The van der Waals surface area contributed by atoms with Crippen LogP contribution in [-0.4, -0.2) is 27.1 Å². The molecule has 2 rings (SSSR count). The first-order valence-corrected chi connectivity index (χ1v) is 6.77. The zero-order valence-electron chi connectivity index (χ0n) is 12.1. The van der Waals surface area contributed by atoms with E-state index in [-0.39, 0.29) is 5.97 Å². The number of ether oxygens (including phenoxy) is 1. The lowest BCUT2D eigenvalue weighted by Crippen LogP contribution is -2.07. The summed E-state index contributed by atoms with van der Waals surface area (Å²) in [4.78, 5) is 19.7. The fourth-order valence-corrected chi connectivity index (χ4v) is 2.38. The summed E-state index contributed by atoms with van der Waals surface area (Å²) in [6.45, 7) is 6.99. The molecular weight excluding hydrogens is 256 g/mol. The Morgan fingerprint density at radius 2 is 2.15 bits per heavy atom. The minimum atomic E-state index is -0.160. The van der Waals surface area contributed by atoms with Crippen molar-refractivity contribution < 1.29 is 9.53 Å². The number of esters is 1. The Bertz CT molecular complexity index is 634. The monoisotopic (exact) mass is 276 g/mol. The summed E-state index contributed by atoms with van der Waals surface area (Å²) in [6.07, 6.45) is 2.60. The van der Waals surface area contributed by atoms with E-state index in [2.05, 4.69) is 14.5 Å². The standard InChI is InChI=1S/C14H20N4O2/c1-4-20-11(19)6-5-7-18-10(3)9(2)12-13(15)16-8-17-14(12)18/h8H,4-7H2,1-3H3,(H2,15,16,17). The molecule has 6 nitrogen and oxygen atoms in total. The first-order valence-electron chi connectivity index (χ1n) is 6.77. The minimum absolute atomic E-state index is 0.160. The molecule has 0 saturated heterocycles. The Morgan fingerprint density at radius 1 is 1.40 bits per heavy atom.